The molecular weight excluding hydrogens is 424 g/mol. The van der Waals surface area contributed by atoms with E-state index in [4.69, 9.17) is 18.7 Å². The van der Waals surface area contributed by atoms with Gasteiger partial charge in [-0.2, -0.15) is 0 Å². The molecule has 8 nitrogen and oxygen atoms in total. The molecule has 0 aliphatic carbocycles. The third-order valence-corrected chi connectivity index (χ3v) is 5.74. The molecule has 2 heterocycles. The first-order valence-electron chi connectivity index (χ1n) is 10.7. The van der Waals surface area contributed by atoms with Crippen LogP contribution in [0.4, 0.5) is 5.69 Å². The van der Waals surface area contributed by atoms with Crippen LogP contribution in [0.2, 0.25) is 0 Å². The first-order chi connectivity index (χ1) is 16.0. The van der Waals surface area contributed by atoms with Gasteiger partial charge >= 0.3 is 5.97 Å². The van der Waals surface area contributed by atoms with E-state index in [-0.39, 0.29) is 18.9 Å². The van der Waals surface area contributed by atoms with Crippen LogP contribution >= 0.6 is 0 Å². The van der Waals surface area contributed by atoms with Crippen molar-refractivity contribution in [3.05, 3.63) is 71.6 Å². The number of nitrogens with zero attached hydrogens (tertiary/aromatic N) is 2. The smallest absolute Gasteiger partial charge is 0.311 e. The molecule has 8 heteroatoms. The molecule has 1 aliphatic heterocycles. The van der Waals surface area contributed by atoms with Crippen molar-refractivity contribution < 1.29 is 28.3 Å². The summed E-state index contributed by atoms with van der Waals surface area (Å²) in [6, 6.07) is 15.7. The molecule has 0 bridgehead atoms. The molecule has 0 spiro atoms. The van der Waals surface area contributed by atoms with E-state index in [1.54, 1.807) is 44.2 Å². The predicted octanol–water partition coefficient (Wildman–Crippen LogP) is 4.23. The minimum absolute atomic E-state index is 0.0225. The van der Waals surface area contributed by atoms with Gasteiger partial charge in [-0.15, -0.1) is 0 Å². The number of esters is 1. The number of hydrogen-bond donors (Lipinski definition) is 0. The summed E-state index contributed by atoms with van der Waals surface area (Å²) in [7, 11) is 3.15. The number of carbonyl (C=O) groups is 2. The molecule has 4 rings (SSSR count). The second kappa shape index (κ2) is 9.77. The Labute approximate surface area is 192 Å². The van der Waals surface area contributed by atoms with E-state index in [0.29, 0.717) is 35.1 Å². The minimum Gasteiger partial charge on any atom is -0.497 e. The van der Waals surface area contributed by atoms with E-state index in [1.165, 1.54) is 0 Å². The summed E-state index contributed by atoms with van der Waals surface area (Å²) >= 11 is 0. The highest BCUT2D eigenvalue weighted by molar-refractivity contribution is 5.97. The topological polar surface area (TPSA) is 91.1 Å². The molecule has 0 radical (unpaired) electrons. The molecule has 1 aromatic heterocycles. The number of piperidine rings is 1. The van der Waals surface area contributed by atoms with E-state index in [0.717, 1.165) is 5.56 Å². The monoisotopic (exact) mass is 450 g/mol. The Hall–Kier alpha value is -3.81. The maximum atomic E-state index is 13.3. The molecular formula is C25H26N2O6. The van der Waals surface area contributed by atoms with Crippen molar-refractivity contribution in [3.63, 3.8) is 0 Å². The van der Waals surface area contributed by atoms with Crippen LogP contribution in [0.15, 0.2) is 59.1 Å². The van der Waals surface area contributed by atoms with Crippen LogP contribution in [0.1, 0.15) is 35.9 Å². The number of ether oxygens (including phenoxy) is 3. The SMILES string of the molecule is COc1ccc(N2C(=O)CC[C@H](C(=O)OCc3cc(C)no3)[C@@H]2c2ccccc2OC)cc1. The lowest BCUT2D eigenvalue weighted by molar-refractivity contribution is -0.152. The van der Waals surface area contributed by atoms with Gasteiger partial charge in [-0.05, 0) is 43.7 Å². The van der Waals surface area contributed by atoms with Crippen LogP contribution < -0.4 is 14.4 Å². The first kappa shape index (κ1) is 22.4. The lowest BCUT2D eigenvalue weighted by atomic mass is 9.83. The Kier molecular flexibility index (Phi) is 6.63. The zero-order valence-electron chi connectivity index (χ0n) is 18.8. The van der Waals surface area contributed by atoms with E-state index >= 15 is 0 Å². The van der Waals surface area contributed by atoms with Gasteiger partial charge < -0.3 is 23.6 Å². The largest absolute Gasteiger partial charge is 0.497 e. The molecule has 0 saturated carbocycles. The van der Waals surface area contributed by atoms with Gasteiger partial charge in [-0.25, -0.2) is 0 Å². The van der Waals surface area contributed by atoms with Crippen LogP contribution in [-0.4, -0.2) is 31.3 Å². The van der Waals surface area contributed by atoms with E-state index < -0.39 is 17.9 Å². The van der Waals surface area contributed by atoms with Gasteiger partial charge in [0.05, 0.1) is 31.9 Å². The molecule has 172 valence electrons. The second-order valence-electron chi connectivity index (χ2n) is 7.84. The number of rotatable bonds is 7. The summed E-state index contributed by atoms with van der Waals surface area (Å²) in [5.74, 6) is 0.658. The van der Waals surface area contributed by atoms with Gasteiger partial charge in [0.25, 0.3) is 0 Å². The van der Waals surface area contributed by atoms with Crippen LogP contribution in [0.5, 0.6) is 11.5 Å². The third kappa shape index (κ3) is 4.69. The number of para-hydroxylation sites is 1. The lowest BCUT2D eigenvalue weighted by Crippen LogP contribution is -2.46. The van der Waals surface area contributed by atoms with Crippen molar-refractivity contribution in [3.8, 4) is 11.5 Å². The van der Waals surface area contributed by atoms with E-state index in [1.807, 2.05) is 36.4 Å². The second-order valence-corrected chi connectivity index (χ2v) is 7.84. The molecule has 0 unspecified atom stereocenters. The molecule has 1 fully saturated rings. The number of hydrogen-bond acceptors (Lipinski definition) is 7. The highest BCUT2D eigenvalue weighted by atomic mass is 16.5. The fraction of sp³-hybridized carbons (Fsp3) is 0.320. The van der Waals surface area contributed by atoms with Crippen LogP contribution in [0.25, 0.3) is 0 Å². The van der Waals surface area contributed by atoms with Gasteiger partial charge in [0.2, 0.25) is 5.91 Å². The Bertz CT molecular complexity index is 1120. The molecule has 1 aliphatic rings. The standard InChI is InChI=1S/C25H26N2O6/c1-16-14-19(33-26-16)15-32-25(29)21-12-13-23(28)27(17-8-10-18(30-2)11-9-17)24(21)20-6-4-5-7-22(20)31-3/h4-11,14,21,24H,12-13,15H2,1-3H3/t21-,24-/m0/s1. The molecule has 0 N–H and O–H groups in total. The van der Waals surface area contributed by atoms with Gasteiger partial charge in [0.1, 0.15) is 11.5 Å². The van der Waals surface area contributed by atoms with Crippen molar-refractivity contribution in [2.24, 2.45) is 5.92 Å². The zero-order valence-corrected chi connectivity index (χ0v) is 18.8. The van der Waals surface area contributed by atoms with Crippen molar-refractivity contribution >= 4 is 17.6 Å². The van der Waals surface area contributed by atoms with Gasteiger partial charge in [0, 0.05) is 23.7 Å². The number of anilines is 1. The molecule has 2 aromatic carbocycles. The van der Waals surface area contributed by atoms with Crippen molar-refractivity contribution in [1.82, 2.24) is 5.16 Å². The Morgan fingerprint density at radius 1 is 1.12 bits per heavy atom. The number of carbonyl (C=O) groups excluding carboxylic acids is 2. The number of benzene rings is 2. The molecule has 33 heavy (non-hydrogen) atoms. The van der Waals surface area contributed by atoms with Crippen molar-refractivity contribution in [2.75, 3.05) is 19.1 Å². The summed E-state index contributed by atoms with van der Waals surface area (Å²) in [5, 5.41) is 3.82. The van der Waals surface area contributed by atoms with Crippen molar-refractivity contribution in [1.29, 1.82) is 0 Å². The Morgan fingerprint density at radius 3 is 2.55 bits per heavy atom. The maximum Gasteiger partial charge on any atom is 0.311 e. The van der Waals surface area contributed by atoms with Crippen LogP contribution in [0.3, 0.4) is 0 Å². The van der Waals surface area contributed by atoms with Gasteiger partial charge in [0.15, 0.2) is 12.4 Å². The summed E-state index contributed by atoms with van der Waals surface area (Å²) in [5.41, 5.74) is 2.11. The minimum atomic E-state index is -0.597. The Morgan fingerprint density at radius 2 is 1.88 bits per heavy atom. The molecule has 2 atom stereocenters. The highest BCUT2D eigenvalue weighted by Gasteiger charge is 2.43. The fourth-order valence-corrected chi connectivity index (χ4v) is 4.19. The van der Waals surface area contributed by atoms with Gasteiger partial charge in [-0.1, -0.05) is 23.4 Å². The average Bonchev–Trinajstić information content (AvgIpc) is 3.27. The lowest BCUT2D eigenvalue weighted by Gasteiger charge is -2.40. The van der Waals surface area contributed by atoms with Gasteiger partial charge in [-0.3, -0.25) is 9.59 Å². The summed E-state index contributed by atoms with van der Waals surface area (Å²) in [6.45, 7) is 1.78. The van der Waals surface area contributed by atoms with Crippen LogP contribution in [0, 0.1) is 12.8 Å². The number of methoxy groups -OCH3 is 2. The summed E-state index contributed by atoms with van der Waals surface area (Å²) in [6.07, 6.45) is 0.585. The zero-order chi connectivity index (χ0) is 23.4. The molecule has 1 amide bonds. The summed E-state index contributed by atoms with van der Waals surface area (Å²) in [4.78, 5) is 28.1. The normalized spacial score (nSPS) is 18.2. The Balaban J connectivity index is 1.71. The molecule has 3 aromatic rings. The summed E-state index contributed by atoms with van der Waals surface area (Å²) < 4.78 is 21.6. The van der Waals surface area contributed by atoms with E-state index in [9.17, 15) is 9.59 Å². The number of amides is 1. The first-order valence-corrected chi connectivity index (χ1v) is 10.7. The number of aromatic nitrogens is 1. The van der Waals surface area contributed by atoms with Crippen LogP contribution in [-0.2, 0) is 20.9 Å². The molecule has 1 saturated heterocycles. The quantitative estimate of drug-likeness (QED) is 0.498. The van der Waals surface area contributed by atoms with Crippen molar-refractivity contribution in [2.45, 2.75) is 32.4 Å². The number of aryl methyl sites for hydroxylation is 1. The highest BCUT2D eigenvalue weighted by Crippen LogP contribution is 2.43. The predicted molar refractivity (Wildman–Crippen MR) is 120 cm³/mol. The third-order valence-electron chi connectivity index (χ3n) is 5.74. The fourth-order valence-electron chi connectivity index (χ4n) is 4.19. The maximum absolute atomic E-state index is 13.3. The average molecular weight is 450 g/mol. The van der Waals surface area contributed by atoms with E-state index in [2.05, 4.69) is 5.16 Å².